The highest BCUT2D eigenvalue weighted by Gasteiger charge is 2.31. The Labute approximate surface area is 158 Å². The van der Waals surface area contributed by atoms with Crippen molar-refractivity contribution in [1.82, 2.24) is 10.3 Å². The number of hydrogen-bond acceptors (Lipinski definition) is 4. The fraction of sp³-hybridized carbons (Fsp3) is 0.238. The van der Waals surface area contributed by atoms with Crippen LogP contribution < -0.4 is 16.0 Å². The Morgan fingerprint density at radius 2 is 1.85 bits per heavy atom. The molecule has 1 aliphatic heterocycles. The summed E-state index contributed by atoms with van der Waals surface area (Å²) in [6, 6.07) is 11.4. The molecule has 0 fully saturated rings. The predicted octanol–water partition coefficient (Wildman–Crippen LogP) is 3.36. The summed E-state index contributed by atoms with van der Waals surface area (Å²) < 4.78 is 14.7. The summed E-state index contributed by atoms with van der Waals surface area (Å²) in [6.07, 6.45) is 5.37. The molecule has 0 aliphatic carbocycles. The first-order valence-corrected chi connectivity index (χ1v) is 8.86. The van der Waals surface area contributed by atoms with Crippen LogP contribution in [0.2, 0.25) is 0 Å². The molecule has 1 aromatic heterocycles. The molecule has 140 valence electrons. The van der Waals surface area contributed by atoms with E-state index in [2.05, 4.69) is 24.1 Å². The van der Waals surface area contributed by atoms with Gasteiger partial charge in [-0.15, -0.1) is 0 Å². The van der Waals surface area contributed by atoms with Crippen molar-refractivity contribution in [2.45, 2.75) is 32.5 Å². The largest absolute Gasteiger partial charge is 0.366 e. The van der Waals surface area contributed by atoms with Crippen molar-refractivity contribution in [2.24, 2.45) is 5.73 Å². The topological polar surface area (TPSA) is 71.2 Å². The van der Waals surface area contributed by atoms with Crippen LogP contribution in [0.3, 0.4) is 0 Å². The summed E-state index contributed by atoms with van der Waals surface area (Å²) in [4.78, 5) is 17.4. The average molecular weight is 366 g/mol. The number of hydrogen-bond donors (Lipinski definition) is 2. The summed E-state index contributed by atoms with van der Waals surface area (Å²) in [6.45, 7) is 4.64. The maximum atomic E-state index is 14.7. The van der Waals surface area contributed by atoms with Crippen LogP contribution in [0.15, 0.2) is 72.5 Å². The predicted molar refractivity (Wildman–Crippen MR) is 104 cm³/mol. The number of primary amides is 1. The van der Waals surface area contributed by atoms with Crippen LogP contribution in [0, 0.1) is 0 Å². The summed E-state index contributed by atoms with van der Waals surface area (Å²) in [5.74, 6) is -0.665. The maximum absolute atomic E-state index is 14.7. The van der Waals surface area contributed by atoms with E-state index < -0.39 is 18.0 Å². The molecule has 2 aromatic rings. The van der Waals surface area contributed by atoms with Gasteiger partial charge in [0.2, 0.25) is 5.91 Å². The minimum absolute atomic E-state index is 0.304. The molecule has 0 saturated heterocycles. The summed E-state index contributed by atoms with van der Waals surface area (Å²) in [5, 5.41) is 3.23. The number of carbonyl (C=O) groups is 1. The van der Waals surface area contributed by atoms with E-state index in [-0.39, 0.29) is 0 Å². The second kappa shape index (κ2) is 8.14. The van der Waals surface area contributed by atoms with Gasteiger partial charge in [0.05, 0.1) is 5.57 Å². The van der Waals surface area contributed by atoms with Gasteiger partial charge in [0.15, 0.2) is 5.95 Å². The van der Waals surface area contributed by atoms with Gasteiger partial charge >= 0.3 is 0 Å². The summed E-state index contributed by atoms with van der Waals surface area (Å²) in [5.41, 5.74) is 8.62. The van der Waals surface area contributed by atoms with Crippen LogP contribution in [0.1, 0.15) is 30.9 Å². The van der Waals surface area contributed by atoms with Gasteiger partial charge < -0.3 is 5.73 Å². The molecule has 1 atom stereocenters. The third kappa shape index (κ3) is 4.23. The fourth-order valence-corrected chi connectivity index (χ4v) is 3.02. The molecule has 2 heterocycles. The minimum Gasteiger partial charge on any atom is -0.366 e. The van der Waals surface area contributed by atoms with E-state index in [9.17, 15) is 9.18 Å². The van der Waals surface area contributed by atoms with Crippen LogP contribution >= 0.6 is 0 Å². The third-order valence-electron chi connectivity index (χ3n) is 4.55. The van der Waals surface area contributed by atoms with Gasteiger partial charge in [-0.3, -0.25) is 20.0 Å². The number of nitrogens with zero attached hydrogens (tertiary/aromatic N) is 2. The van der Waals surface area contributed by atoms with Crippen molar-refractivity contribution < 1.29 is 9.18 Å². The molecule has 3 N–H and O–H groups in total. The van der Waals surface area contributed by atoms with Gasteiger partial charge in [-0.1, -0.05) is 26.0 Å². The van der Waals surface area contributed by atoms with Crippen LogP contribution in [0.5, 0.6) is 0 Å². The molecule has 3 rings (SSSR count). The van der Waals surface area contributed by atoms with Gasteiger partial charge in [-0.2, -0.15) is 4.39 Å². The molecule has 0 spiro atoms. The Morgan fingerprint density at radius 3 is 2.44 bits per heavy atom. The number of nitrogens with two attached hydrogens (primary N) is 1. The van der Waals surface area contributed by atoms with Gasteiger partial charge in [0.1, 0.15) is 6.17 Å². The van der Waals surface area contributed by atoms with Gasteiger partial charge in [-0.05, 0) is 53.5 Å². The molecule has 1 aromatic carbocycles. The molecule has 5 nitrogen and oxygen atoms in total. The van der Waals surface area contributed by atoms with Gasteiger partial charge in [-0.25, -0.2) is 0 Å². The van der Waals surface area contributed by atoms with Crippen molar-refractivity contribution in [1.29, 1.82) is 0 Å². The van der Waals surface area contributed by atoms with Gasteiger partial charge in [0.25, 0.3) is 0 Å². The number of amides is 1. The highest BCUT2D eigenvalue weighted by molar-refractivity contribution is 5.95. The number of aromatic nitrogens is 1. The van der Waals surface area contributed by atoms with Crippen LogP contribution in [-0.4, -0.2) is 17.1 Å². The van der Waals surface area contributed by atoms with Crippen LogP contribution in [-0.2, 0) is 11.3 Å². The van der Waals surface area contributed by atoms with E-state index >= 15 is 0 Å². The number of benzene rings is 1. The number of carbonyl (C=O) groups excluding carboxylic acids is 1. The average Bonchev–Trinajstić information content (AvgIpc) is 2.67. The van der Waals surface area contributed by atoms with Crippen LogP contribution in [0.25, 0.3) is 0 Å². The molecular formula is C21H23FN4O. The van der Waals surface area contributed by atoms with E-state index in [1.807, 2.05) is 36.4 Å². The summed E-state index contributed by atoms with van der Waals surface area (Å²) in [7, 11) is 0. The molecule has 6 heteroatoms. The Balaban J connectivity index is 1.91. The van der Waals surface area contributed by atoms with Crippen molar-refractivity contribution in [3.8, 4) is 0 Å². The lowest BCUT2D eigenvalue weighted by Gasteiger charge is -2.35. The Morgan fingerprint density at radius 1 is 1.19 bits per heavy atom. The number of rotatable bonds is 6. The molecule has 1 aliphatic rings. The zero-order chi connectivity index (χ0) is 19.4. The number of allylic oxidation sites excluding steroid dienone is 2. The van der Waals surface area contributed by atoms with Crippen LogP contribution in [0.4, 0.5) is 10.1 Å². The molecule has 1 amide bonds. The van der Waals surface area contributed by atoms with E-state index in [1.165, 1.54) is 17.1 Å². The normalized spacial score (nSPS) is 16.9. The molecular weight excluding hydrogens is 343 g/mol. The zero-order valence-corrected chi connectivity index (χ0v) is 15.4. The van der Waals surface area contributed by atoms with Crippen molar-refractivity contribution in [3.63, 3.8) is 0 Å². The van der Waals surface area contributed by atoms with E-state index in [0.29, 0.717) is 23.7 Å². The smallest absolute Gasteiger partial charge is 0.248 e. The van der Waals surface area contributed by atoms with Crippen molar-refractivity contribution in [3.05, 3.63) is 83.6 Å². The Kier molecular flexibility index (Phi) is 5.66. The summed E-state index contributed by atoms with van der Waals surface area (Å²) >= 11 is 0. The first-order chi connectivity index (χ1) is 13.0. The monoisotopic (exact) mass is 366 g/mol. The zero-order valence-electron chi connectivity index (χ0n) is 15.4. The second-order valence-corrected chi connectivity index (χ2v) is 6.73. The standard InChI is InChI=1S/C21H23FN4O/c1-14(2)16-3-5-17(6-4-16)26-19(22)8-7-18(20(23)27)21(26)25-13-15-9-11-24-12-10-15/h3-12,14,21,25H,13H2,1-2H3,(H2,23,27). The third-order valence-corrected chi connectivity index (χ3v) is 4.55. The highest BCUT2D eigenvalue weighted by atomic mass is 19.1. The maximum Gasteiger partial charge on any atom is 0.248 e. The van der Waals surface area contributed by atoms with Gasteiger partial charge in [0, 0.05) is 24.6 Å². The molecule has 0 saturated carbocycles. The van der Waals surface area contributed by atoms with E-state index in [1.54, 1.807) is 12.4 Å². The Bertz CT molecular complexity index is 860. The first-order valence-electron chi connectivity index (χ1n) is 8.86. The van der Waals surface area contributed by atoms with E-state index in [4.69, 9.17) is 5.73 Å². The quantitative estimate of drug-likeness (QED) is 0.769. The molecule has 1 unspecified atom stereocenters. The minimum atomic E-state index is -0.703. The molecule has 27 heavy (non-hydrogen) atoms. The lowest BCUT2D eigenvalue weighted by molar-refractivity contribution is -0.114. The lowest BCUT2D eigenvalue weighted by atomic mass is 10.0. The SMILES string of the molecule is CC(C)c1ccc(N2C(F)=CC=C(C(N)=O)C2NCc2ccncc2)cc1. The Hall–Kier alpha value is -2.99. The second-order valence-electron chi connectivity index (χ2n) is 6.73. The van der Waals surface area contributed by atoms with Crippen molar-refractivity contribution >= 4 is 11.6 Å². The number of pyridine rings is 1. The first kappa shape index (κ1) is 18.8. The van der Waals surface area contributed by atoms with Crippen molar-refractivity contribution in [2.75, 3.05) is 4.90 Å². The molecule has 0 bridgehead atoms. The number of anilines is 1. The fourth-order valence-electron chi connectivity index (χ4n) is 3.02. The van der Waals surface area contributed by atoms with E-state index in [0.717, 1.165) is 11.1 Å². The number of halogens is 1. The highest BCUT2D eigenvalue weighted by Crippen LogP contribution is 2.30. The lowest BCUT2D eigenvalue weighted by Crippen LogP contribution is -2.49. The molecule has 0 radical (unpaired) electrons. The number of nitrogens with one attached hydrogen (secondary N) is 1.